The highest BCUT2D eigenvalue weighted by molar-refractivity contribution is 5.97. The average Bonchev–Trinajstić information content (AvgIpc) is 2.79. The van der Waals surface area contributed by atoms with Crippen molar-refractivity contribution in [2.75, 3.05) is 6.54 Å². The minimum absolute atomic E-state index is 0.0439. The molecule has 12 heavy (non-hydrogen) atoms. The fourth-order valence-corrected chi connectivity index (χ4v) is 1.44. The van der Waals surface area contributed by atoms with Gasteiger partial charge in [0, 0.05) is 0 Å². The Kier molecular flexibility index (Phi) is 1.34. The number of hydrazine groups is 1. The zero-order valence-corrected chi connectivity index (χ0v) is 6.41. The summed E-state index contributed by atoms with van der Waals surface area (Å²) in [4.78, 5) is 22.4. The Morgan fingerprint density at radius 3 is 3.00 bits per heavy atom. The van der Waals surface area contributed by atoms with Gasteiger partial charge >= 0.3 is 0 Å². The lowest BCUT2D eigenvalue weighted by atomic mass is 10.2. The highest BCUT2D eigenvalue weighted by Gasteiger charge is 2.53. The van der Waals surface area contributed by atoms with E-state index in [1.54, 1.807) is 0 Å². The molecule has 0 bridgehead atoms. The Labute approximate surface area is 69.9 Å². The fraction of sp³-hybridized carbons (Fsp3) is 0.500. The van der Waals surface area contributed by atoms with E-state index in [9.17, 15) is 9.59 Å². The van der Waals surface area contributed by atoms with Crippen molar-refractivity contribution in [1.82, 2.24) is 10.4 Å². The summed E-state index contributed by atoms with van der Waals surface area (Å²) in [6.45, 7) is 0.161. The molecule has 2 amide bonds. The van der Waals surface area contributed by atoms with Crippen molar-refractivity contribution in [3.63, 3.8) is 0 Å². The van der Waals surface area contributed by atoms with Crippen molar-refractivity contribution >= 4 is 11.8 Å². The normalized spacial score (nSPS) is 32.1. The second-order valence-corrected chi connectivity index (χ2v) is 3.05. The molecule has 1 N–H and O–H groups in total. The highest BCUT2D eigenvalue weighted by atomic mass is 16.2. The van der Waals surface area contributed by atoms with E-state index < -0.39 is 0 Å². The van der Waals surface area contributed by atoms with Crippen LogP contribution in [0.5, 0.6) is 0 Å². The number of nitrogens with zero attached hydrogens (tertiary/aromatic N) is 1. The summed E-state index contributed by atoms with van der Waals surface area (Å²) < 4.78 is 0. The molecule has 4 heteroatoms. The van der Waals surface area contributed by atoms with E-state index in [0.717, 1.165) is 0 Å². The van der Waals surface area contributed by atoms with Crippen LogP contribution in [0, 0.1) is 24.2 Å². The lowest BCUT2D eigenvalue weighted by Crippen LogP contribution is -2.51. The van der Waals surface area contributed by atoms with Gasteiger partial charge in [0.1, 0.15) is 6.54 Å². The standard InChI is InChI=1S/C8H8N2O2/c1-2-3-10-8(12)6-4-5(6)7(11)9-10/h1,5-6H,3-4H2,(H,9,11)/t5-,6+/m1/s1. The van der Waals surface area contributed by atoms with Gasteiger partial charge in [-0.05, 0) is 6.42 Å². The zero-order chi connectivity index (χ0) is 8.72. The van der Waals surface area contributed by atoms with E-state index in [-0.39, 0.29) is 30.2 Å². The summed E-state index contributed by atoms with van der Waals surface area (Å²) in [6, 6.07) is 0. The minimum atomic E-state index is -0.0906. The molecule has 1 heterocycles. The summed E-state index contributed by atoms with van der Waals surface area (Å²) in [5, 5.41) is 1.22. The summed E-state index contributed by atoms with van der Waals surface area (Å²) in [5.74, 6) is 2.03. The van der Waals surface area contributed by atoms with E-state index in [1.807, 2.05) is 0 Å². The van der Waals surface area contributed by atoms with Crippen LogP contribution in [0.25, 0.3) is 0 Å². The van der Waals surface area contributed by atoms with Crippen LogP contribution in [0.1, 0.15) is 6.42 Å². The molecule has 2 fully saturated rings. The van der Waals surface area contributed by atoms with Crippen molar-refractivity contribution in [3.05, 3.63) is 0 Å². The number of carbonyl (C=O) groups is 2. The number of amides is 2. The number of hydrogen-bond donors (Lipinski definition) is 1. The van der Waals surface area contributed by atoms with E-state index in [1.165, 1.54) is 5.01 Å². The molecule has 2 atom stereocenters. The maximum Gasteiger partial charge on any atom is 0.245 e. The van der Waals surface area contributed by atoms with Gasteiger partial charge in [-0.25, -0.2) is 5.01 Å². The predicted octanol–water partition coefficient (Wildman–Crippen LogP) is -0.871. The minimum Gasteiger partial charge on any atom is -0.273 e. The molecule has 0 radical (unpaired) electrons. The number of fused-ring (bicyclic) bond motifs is 1. The Morgan fingerprint density at radius 1 is 1.58 bits per heavy atom. The van der Waals surface area contributed by atoms with E-state index in [4.69, 9.17) is 6.42 Å². The van der Waals surface area contributed by atoms with E-state index in [2.05, 4.69) is 11.3 Å². The largest absolute Gasteiger partial charge is 0.273 e. The van der Waals surface area contributed by atoms with Crippen LogP contribution < -0.4 is 5.43 Å². The van der Waals surface area contributed by atoms with Crippen LogP contribution in [0.2, 0.25) is 0 Å². The molecule has 1 aliphatic heterocycles. The van der Waals surface area contributed by atoms with Gasteiger partial charge in [-0.3, -0.25) is 15.0 Å². The van der Waals surface area contributed by atoms with Crippen LogP contribution >= 0.6 is 0 Å². The van der Waals surface area contributed by atoms with E-state index in [0.29, 0.717) is 6.42 Å². The maximum atomic E-state index is 11.3. The van der Waals surface area contributed by atoms with Crippen LogP contribution in [0.3, 0.4) is 0 Å². The lowest BCUT2D eigenvalue weighted by molar-refractivity contribution is -0.147. The van der Waals surface area contributed by atoms with Gasteiger partial charge < -0.3 is 0 Å². The maximum absolute atomic E-state index is 11.3. The van der Waals surface area contributed by atoms with Gasteiger partial charge in [-0.2, -0.15) is 0 Å². The first kappa shape index (κ1) is 7.17. The Hall–Kier alpha value is -1.50. The fourth-order valence-electron chi connectivity index (χ4n) is 1.44. The molecule has 0 aromatic heterocycles. The third-order valence-electron chi connectivity index (χ3n) is 2.20. The topological polar surface area (TPSA) is 49.4 Å². The van der Waals surface area contributed by atoms with Gasteiger partial charge in [0.2, 0.25) is 11.8 Å². The number of carbonyl (C=O) groups excluding carboxylic acids is 2. The van der Waals surface area contributed by atoms with Crippen LogP contribution in [-0.4, -0.2) is 23.4 Å². The second kappa shape index (κ2) is 2.24. The third-order valence-corrected chi connectivity index (χ3v) is 2.20. The predicted molar refractivity (Wildman–Crippen MR) is 40.3 cm³/mol. The van der Waals surface area contributed by atoms with Crippen molar-refractivity contribution in [1.29, 1.82) is 0 Å². The van der Waals surface area contributed by atoms with Crippen LogP contribution in [0.4, 0.5) is 0 Å². The smallest absolute Gasteiger partial charge is 0.245 e. The Bertz CT molecular complexity index is 292. The van der Waals surface area contributed by atoms with Gasteiger partial charge in [0.05, 0.1) is 11.8 Å². The summed E-state index contributed by atoms with van der Waals surface area (Å²) in [5.41, 5.74) is 2.46. The van der Waals surface area contributed by atoms with Crippen molar-refractivity contribution in [3.8, 4) is 12.3 Å². The summed E-state index contributed by atoms with van der Waals surface area (Å²) >= 11 is 0. The van der Waals surface area contributed by atoms with Crippen LogP contribution in [0.15, 0.2) is 0 Å². The quantitative estimate of drug-likeness (QED) is 0.512. The monoisotopic (exact) mass is 164 g/mol. The first-order chi connectivity index (χ1) is 5.74. The molecule has 1 aliphatic carbocycles. The molecule has 0 aromatic rings. The van der Waals surface area contributed by atoms with Gasteiger partial charge in [-0.15, -0.1) is 6.42 Å². The van der Waals surface area contributed by atoms with Crippen molar-refractivity contribution < 1.29 is 9.59 Å². The van der Waals surface area contributed by atoms with E-state index >= 15 is 0 Å². The molecule has 2 aliphatic rings. The van der Waals surface area contributed by atoms with Gasteiger partial charge in [0.15, 0.2) is 0 Å². The molecule has 1 saturated heterocycles. The second-order valence-electron chi connectivity index (χ2n) is 3.05. The summed E-state index contributed by atoms with van der Waals surface area (Å²) in [7, 11) is 0. The highest BCUT2D eigenvalue weighted by Crippen LogP contribution is 2.42. The molecule has 2 rings (SSSR count). The Balaban J connectivity index is 2.11. The first-order valence-corrected chi connectivity index (χ1v) is 3.79. The SMILES string of the molecule is C#CCN1NC(=O)[C@@H]2C[C@@H]2C1=O. The van der Waals surface area contributed by atoms with Crippen LogP contribution in [-0.2, 0) is 9.59 Å². The molecule has 1 saturated carbocycles. The average molecular weight is 164 g/mol. The Morgan fingerprint density at radius 2 is 2.33 bits per heavy atom. The number of hydrogen-bond acceptors (Lipinski definition) is 2. The molecular formula is C8H8N2O2. The molecule has 62 valence electrons. The molecular weight excluding hydrogens is 156 g/mol. The van der Waals surface area contributed by atoms with Crippen molar-refractivity contribution in [2.45, 2.75) is 6.42 Å². The number of terminal acetylenes is 1. The molecule has 0 spiro atoms. The van der Waals surface area contributed by atoms with Gasteiger partial charge in [-0.1, -0.05) is 5.92 Å². The number of nitrogens with one attached hydrogen (secondary N) is 1. The first-order valence-electron chi connectivity index (χ1n) is 3.79. The third kappa shape index (κ3) is 0.866. The lowest BCUT2D eigenvalue weighted by Gasteiger charge is -2.24. The van der Waals surface area contributed by atoms with Crippen molar-refractivity contribution in [2.24, 2.45) is 11.8 Å². The van der Waals surface area contributed by atoms with Gasteiger partial charge in [0.25, 0.3) is 0 Å². The summed E-state index contributed by atoms with van der Waals surface area (Å²) in [6.07, 6.45) is 5.72. The number of rotatable bonds is 1. The zero-order valence-electron chi connectivity index (χ0n) is 6.41. The molecule has 4 nitrogen and oxygen atoms in total. The molecule has 0 unspecified atom stereocenters. The molecule has 0 aromatic carbocycles.